The van der Waals surface area contributed by atoms with Crippen LogP contribution >= 0.6 is 0 Å². The predicted octanol–water partition coefficient (Wildman–Crippen LogP) is 4.55. The summed E-state index contributed by atoms with van der Waals surface area (Å²) in [5, 5.41) is 13.5. The van der Waals surface area contributed by atoms with Crippen LogP contribution in [0, 0.1) is 22.9 Å². The fourth-order valence-corrected chi connectivity index (χ4v) is 2.39. The van der Waals surface area contributed by atoms with Gasteiger partial charge in [-0.25, -0.2) is 4.39 Å². The van der Waals surface area contributed by atoms with E-state index in [1.807, 2.05) is 0 Å². The van der Waals surface area contributed by atoms with Crippen LogP contribution in [-0.2, 0) is 0 Å². The second-order valence-electron chi connectivity index (χ2n) is 5.35. The van der Waals surface area contributed by atoms with Gasteiger partial charge < -0.3 is 9.73 Å². The third kappa shape index (κ3) is 3.55. The van der Waals surface area contributed by atoms with Crippen LogP contribution in [0.25, 0.3) is 11.3 Å². The van der Waals surface area contributed by atoms with Gasteiger partial charge in [-0.2, -0.15) is 0 Å². The van der Waals surface area contributed by atoms with Crippen LogP contribution < -0.4 is 5.32 Å². The Hall–Kier alpha value is -3.48. The maximum absolute atomic E-state index is 13.2. The average Bonchev–Trinajstić information content (AvgIpc) is 2.97. The number of rotatable bonds is 4. The zero-order chi connectivity index (χ0) is 18.0. The highest BCUT2D eigenvalue weighted by Crippen LogP contribution is 2.28. The summed E-state index contributed by atoms with van der Waals surface area (Å²) in [7, 11) is 0. The molecule has 0 bridgehead atoms. The Labute approximate surface area is 142 Å². The van der Waals surface area contributed by atoms with Crippen LogP contribution in [0.4, 0.5) is 15.8 Å². The van der Waals surface area contributed by atoms with Gasteiger partial charge in [0.05, 0.1) is 10.5 Å². The lowest BCUT2D eigenvalue weighted by Gasteiger charge is -2.03. The summed E-state index contributed by atoms with van der Waals surface area (Å²) in [4.78, 5) is 22.7. The molecule has 0 aliphatic heterocycles. The normalized spacial score (nSPS) is 10.5. The van der Waals surface area contributed by atoms with E-state index in [1.165, 1.54) is 42.5 Å². The second kappa shape index (κ2) is 6.56. The molecule has 1 N–H and O–H groups in total. The van der Waals surface area contributed by atoms with Crippen molar-refractivity contribution in [3.05, 3.63) is 81.9 Å². The Morgan fingerprint density at radius 3 is 2.64 bits per heavy atom. The number of nitro groups is 1. The first-order valence-corrected chi connectivity index (χ1v) is 7.36. The molecule has 1 heterocycles. The van der Waals surface area contributed by atoms with Gasteiger partial charge in [-0.05, 0) is 31.2 Å². The van der Waals surface area contributed by atoms with Crippen molar-refractivity contribution in [3.8, 4) is 11.3 Å². The van der Waals surface area contributed by atoms with E-state index in [1.54, 1.807) is 19.1 Å². The van der Waals surface area contributed by atoms with Crippen LogP contribution in [0.2, 0.25) is 0 Å². The summed E-state index contributed by atoms with van der Waals surface area (Å²) in [5.41, 5.74) is 1.01. The number of hydrogen-bond acceptors (Lipinski definition) is 4. The third-order valence-corrected chi connectivity index (χ3v) is 3.59. The molecule has 7 heteroatoms. The van der Waals surface area contributed by atoms with E-state index >= 15 is 0 Å². The number of hydrogen-bond donors (Lipinski definition) is 1. The first kappa shape index (κ1) is 16.4. The molecule has 25 heavy (non-hydrogen) atoms. The van der Waals surface area contributed by atoms with Gasteiger partial charge in [0.1, 0.15) is 17.3 Å². The van der Waals surface area contributed by atoms with Crippen LogP contribution in [0.1, 0.15) is 16.1 Å². The molecule has 1 amide bonds. The average molecular weight is 340 g/mol. The lowest BCUT2D eigenvalue weighted by atomic mass is 10.1. The number of amides is 1. The number of nitro benzene ring substituents is 1. The second-order valence-corrected chi connectivity index (χ2v) is 5.35. The summed E-state index contributed by atoms with van der Waals surface area (Å²) in [5.74, 6) is -0.219. The molecule has 0 fully saturated rings. The Kier molecular flexibility index (Phi) is 4.30. The number of benzene rings is 2. The fourth-order valence-electron chi connectivity index (χ4n) is 2.39. The van der Waals surface area contributed by atoms with E-state index in [4.69, 9.17) is 4.42 Å². The minimum Gasteiger partial charge on any atom is -0.461 e. The van der Waals surface area contributed by atoms with Crippen molar-refractivity contribution in [1.29, 1.82) is 0 Å². The monoisotopic (exact) mass is 340 g/mol. The standard InChI is InChI=1S/C18H13FN2O4/c1-11-16(18(22)20-14-6-3-5-13(19)9-14)10-17(25-11)12-4-2-7-15(8-12)21(23)24/h2-10H,1H3,(H,20,22). The number of anilines is 1. The molecule has 2 aromatic carbocycles. The summed E-state index contributed by atoms with van der Waals surface area (Å²) in [6.07, 6.45) is 0. The molecule has 0 aliphatic carbocycles. The van der Waals surface area contributed by atoms with Gasteiger partial charge in [-0.15, -0.1) is 0 Å². The van der Waals surface area contributed by atoms with Gasteiger partial charge in [-0.3, -0.25) is 14.9 Å². The minimum absolute atomic E-state index is 0.0719. The molecule has 3 rings (SSSR count). The van der Waals surface area contributed by atoms with Crippen molar-refractivity contribution in [1.82, 2.24) is 0 Å². The smallest absolute Gasteiger partial charge is 0.270 e. The molecule has 0 spiro atoms. The topological polar surface area (TPSA) is 85.4 Å². The van der Waals surface area contributed by atoms with Gasteiger partial charge in [0.25, 0.3) is 11.6 Å². The van der Waals surface area contributed by atoms with Crippen molar-refractivity contribution in [2.24, 2.45) is 0 Å². The summed E-state index contributed by atoms with van der Waals surface area (Å²) in [6.45, 7) is 1.61. The molecular weight excluding hydrogens is 327 g/mol. The number of non-ortho nitro benzene ring substituents is 1. The van der Waals surface area contributed by atoms with Gasteiger partial charge in [0.15, 0.2) is 0 Å². The Balaban J connectivity index is 1.88. The van der Waals surface area contributed by atoms with E-state index in [2.05, 4.69) is 5.32 Å². The summed E-state index contributed by atoms with van der Waals surface area (Å²) in [6, 6.07) is 13.0. The molecule has 3 aromatic rings. The summed E-state index contributed by atoms with van der Waals surface area (Å²) >= 11 is 0. The molecule has 0 unspecified atom stereocenters. The van der Waals surface area contributed by atoms with Crippen LogP contribution in [-0.4, -0.2) is 10.8 Å². The first-order chi connectivity index (χ1) is 11.9. The van der Waals surface area contributed by atoms with Crippen molar-refractivity contribution >= 4 is 17.3 Å². The van der Waals surface area contributed by atoms with Crippen molar-refractivity contribution in [2.75, 3.05) is 5.32 Å². The van der Waals surface area contributed by atoms with E-state index in [0.717, 1.165) is 0 Å². The van der Waals surface area contributed by atoms with Gasteiger partial charge in [-0.1, -0.05) is 18.2 Å². The predicted molar refractivity (Wildman–Crippen MR) is 89.9 cm³/mol. The van der Waals surface area contributed by atoms with Gasteiger partial charge >= 0.3 is 0 Å². The number of carbonyl (C=O) groups is 1. The van der Waals surface area contributed by atoms with Crippen molar-refractivity contribution < 1.29 is 18.5 Å². The van der Waals surface area contributed by atoms with E-state index in [9.17, 15) is 19.3 Å². The Morgan fingerprint density at radius 1 is 1.16 bits per heavy atom. The lowest BCUT2D eigenvalue weighted by molar-refractivity contribution is -0.384. The third-order valence-electron chi connectivity index (χ3n) is 3.59. The molecule has 0 radical (unpaired) electrons. The highest BCUT2D eigenvalue weighted by molar-refractivity contribution is 6.05. The highest BCUT2D eigenvalue weighted by Gasteiger charge is 2.17. The zero-order valence-electron chi connectivity index (χ0n) is 13.2. The number of carbonyl (C=O) groups excluding carboxylic acids is 1. The molecular formula is C18H13FN2O4. The molecule has 6 nitrogen and oxygen atoms in total. The van der Waals surface area contributed by atoms with Gasteiger partial charge in [0.2, 0.25) is 0 Å². The van der Waals surface area contributed by atoms with E-state index in [0.29, 0.717) is 22.8 Å². The molecule has 1 aromatic heterocycles. The van der Waals surface area contributed by atoms with E-state index < -0.39 is 16.6 Å². The van der Waals surface area contributed by atoms with Crippen molar-refractivity contribution in [3.63, 3.8) is 0 Å². The van der Waals surface area contributed by atoms with Crippen molar-refractivity contribution in [2.45, 2.75) is 6.92 Å². The number of nitrogens with one attached hydrogen (secondary N) is 1. The largest absolute Gasteiger partial charge is 0.461 e. The lowest BCUT2D eigenvalue weighted by Crippen LogP contribution is -2.12. The van der Waals surface area contributed by atoms with E-state index in [-0.39, 0.29) is 11.3 Å². The molecule has 0 atom stereocenters. The number of nitrogens with zero attached hydrogens (tertiary/aromatic N) is 1. The van der Waals surface area contributed by atoms with Gasteiger partial charge in [0, 0.05) is 23.4 Å². The molecule has 0 saturated heterocycles. The molecule has 0 saturated carbocycles. The molecule has 126 valence electrons. The summed E-state index contributed by atoms with van der Waals surface area (Å²) < 4.78 is 18.8. The minimum atomic E-state index is -0.503. The first-order valence-electron chi connectivity index (χ1n) is 7.36. The number of halogens is 1. The number of furan rings is 1. The van der Waals surface area contributed by atoms with Crippen LogP contribution in [0.5, 0.6) is 0 Å². The Bertz CT molecular complexity index is 965. The maximum Gasteiger partial charge on any atom is 0.270 e. The molecule has 0 aliphatic rings. The highest BCUT2D eigenvalue weighted by atomic mass is 19.1. The maximum atomic E-state index is 13.2. The van der Waals surface area contributed by atoms with Crippen LogP contribution in [0.15, 0.2) is 59.0 Å². The fraction of sp³-hybridized carbons (Fsp3) is 0.0556. The van der Waals surface area contributed by atoms with Crippen LogP contribution in [0.3, 0.4) is 0 Å². The quantitative estimate of drug-likeness (QED) is 0.557. The number of aryl methyl sites for hydroxylation is 1. The Morgan fingerprint density at radius 2 is 1.92 bits per heavy atom. The SMILES string of the molecule is Cc1oc(-c2cccc([N+](=O)[O-])c2)cc1C(=O)Nc1cccc(F)c1. The zero-order valence-corrected chi connectivity index (χ0v) is 13.2.